The molecule has 0 bridgehead atoms. The van der Waals surface area contributed by atoms with Crippen LogP contribution in [-0.4, -0.2) is 0 Å². The lowest BCUT2D eigenvalue weighted by molar-refractivity contribution is -0.659. The normalized spacial score (nSPS) is 18.3. The third-order valence-electron chi connectivity index (χ3n) is 5.62. The molecule has 3 aromatic rings. The van der Waals surface area contributed by atoms with Crippen LogP contribution in [0.1, 0.15) is 75.0 Å². The molecule has 0 N–H and O–H groups in total. The second-order valence-corrected chi connectivity index (χ2v) is 7.43. The maximum absolute atomic E-state index is 8.59. The van der Waals surface area contributed by atoms with Crippen molar-refractivity contribution in [3.05, 3.63) is 64.8 Å². The van der Waals surface area contributed by atoms with Crippen molar-refractivity contribution < 1.29 is 11.4 Å². The van der Waals surface area contributed by atoms with Crippen LogP contribution in [0, 0.1) is 13.8 Å². The van der Waals surface area contributed by atoms with E-state index >= 15 is 0 Å². The molecular formula is C25H32N+. The fourth-order valence-corrected chi connectivity index (χ4v) is 3.52. The molecule has 2 unspecified atom stereocenters. The van der Waals surface area contributed by atoms with E-state index in [1.54, 1.807) is 0 Å². The number of hydrogen-bond acceptors (Lipinski definition) is 0. The Morgan fingerprint density at radius 1 is 1.12 bits per heavy atom. The molecule has 0 aliphatic carbocycles. The van der Waals surface area contributed by atoms with Crippen molar-refractivity contribution in [3.8, 4) is 11.3 Å². The van der Waals surface area contributed by atoms with Crippen LogP contribution < -0.4 is 4.57 Å². The van der Waals surface area contributed by atoms with E-state index < -0.39 is 12.7 Å². The quantitative estimate of drug-likeness (QED) is 0.467. The minimum absolute atomic E-state index is 0.385. The highest BCUT2D eigenvalue weighted by atomic mass is 14.9. The summed E-state index contributed by atoms with van der Waals surface area (Å²) < 4.78 is 42.6. The number of aryl methyl sites for hydroxylation is 1. The Kier molecular flexibility index (Phi) is 3.64. The van der Waals surface area contributed by atoms with E-state index in [9.17, 15) is 0 Å². The van der Waals surface area contributed by atoms with Gasteiger partial charge in [0.15, 0.2) is 6.17 Å². The second-order valence-electron chi connectivity index (χ2n) is 7.43. The molecule has 0 aliphatic heterocycles. The summed E-state index contributed by atoms with van der Waals surface area (Å²) in [6.45, 7) is 7.34. The zero-order valence-electron chi connectivity index (χ0n) is 21.7. The van der Waals surface area contributed by atoms with E-state index in [1.165, 1.54) is 12.5 Å². The van der Waals surface area contributed by atoms with Gasteiger partial charge in [-0.25, -0.2) is 4.57 Å². The van der Waals surface area contributed by atoms with E-state index in [0.29, 0.717) is 17.7 Å². The number of nitrogens with zero attached hydrogens (tertiary/aromatic N) is 1. The molecule has 1 nitrogen and oxygen atoms in total. The lowest BCUT2D eigenvalue weighted by Gasteiger charge is -2.15. The van der Waals surface area contributed by atoms with Crippen LogP contribution in [0.2, 0.25) is 0 Å². The minimum Gasteiger partial charge on any atom is -0.200 e. The first kappa shape index (κ1) is 13.1. The zero-order valence-corrected chi connectivity index (χ0v) is 16.7. The smallest absolute Gasteiger partial charge is 0.200 e. The highest BCUT2D eigenvalue weighted by Crippen LogP contribution is 2.33. The maximum atomic E-state index is 8.59. The maximum Gasteiger partial charge on any atom is 0.220 e. The van der Waals surface area contributed by atoms with Crippen LogP contribution in [0.15, 0.2) is 42.6 Å². The molecule has 0 spiro atoms. The molecule has 0 saturated heterocycles. The van der Waals surface area contributed by atoms with Gasteiger partial charge in [-0.3, -0.25) is 0 Å². The first-order chi connectivity index (χ1) is 14.3. The highest BCUT2D eigenvalue weighted by Gasteiger charge is 2.20. The average molecular weight is 352 g/mol. The Bertz CT molecular complexity index is 1150. The molecule has 26 heavy (non-hydrogen) atoms. The van der Waals surface area contributed by atoms with Crippen molar-refractivity contribution in [1.29, 1.82) is 0 Å². The molecule has 136 valence electrons. The third-order valence-corrected chi connectivity index (χ3v) is 5.62. The Morgan fingerprint density at radius 2 is 1.88 bits per heavy atom. The monoisotopic (exact) mass is 351 g/mol. The first-order valence-corrected chi connectivity index (χ1v) is 9.35. The van der Waals surface area contributed by atoms with Gasteiger partial charge < -0.3 is 0 Å². The van der Waals surface area contributed by atoms with Crippen LogP contribution in [-0.2, 0) is 7.05 Å². The standard InChI is InChI=1S/C25H32N/c1-8-17(4)20-9-10-23-21(14-20)11-12-26(7)25(23)24-15-22(16(2)3)13-18(5)19(24)6/h9-17H,8H2,1-7H3/q+1/i2D3,12D,16D. The third kappa shape index (κ3) is 3.28. The molecule has 3 rings (SSSR count). The Hall–Kier alpha value is -2.15. The largest absolute Gasteiger partial charge is 0.220 e. The van der Waals surface area contributed by atoms with Gasteiger partial charge in [0.2, 0.25) is 5.69 Å². The number of benzene rings is 2. The van der Waals surface area contributed by atoms with Gasteiger partial charge in [-0.1, -0.05) is 45.8 Å². The first-order valence-electron chi connectivity index (χ1n) is 11.8. The van der Waals surface area contributed by atoms with E-state index in [2.05, 4.69) is 32.0 Å². The van der Waals surface area contributed by atoms with Crippen molar-refractivity contribution in [2.75, 3.05) is 0 Å². The Morgan fingerprint density at radius 3 is 2.58 bits per heavy atom. The van der Waals surface area contributed by atoms with Crippen molar-refractivity contribution in [3.63, 3.8) is 0 Å². The van der Waals surface area contributed by atoms with Gasteiger partial charge in [0, 0.05) is 11.5 Å². The van der Waals surface area contributed by atoms with Gasteiger partial charge in [-0.15, -0.1) is 0 Å². The number of hydrogen-bond donors (Lipinski definition) is 0. The number of pyridine rings is 1. The van der Waals surface area contributed by atoms with E-state index in [0.717, 1.165) is 39.6 Å². The predicted molar refractivity (Wildman–Crippen MR) is 113 cm³/mol. The summed E-state index contributed by atoms with van der Waals surface area (Å²) in [5.74, 6) is -1.29. The molecule has 2 aromatic carbocycles. The molecular weight excluding hydrogens is 314 g/mol. The van der Waals surface area contributed by atoms with Gasteiger partial charge in [0.25, 0.3) is 0 Å². The SMILES string of the molecule is [2H]c1cc2cc(C(C)CC)ccc2c(-c2cc(C([2H])(C)C([2H])([2H])[2H])cc(C)c2C)[n+]1C. The van der Waals surface area contributed by atoms with Gasteiger partial charge >= 0.3 is 0 Å². The zero-order chi connectivity index (χ0) is 23.3. The summed E-state index contributed by atoms with van der Waals surface area (Å²) in [6.07, 6.45) is 1.43. The minimum atomic E-state index is -2.45. The van der Waals surface area contributed by atoms with Gasteiger partial charge in [0.05, 0.1) is 10.9 Å². The molecule has 1 heteroatoms. The average Bonchev–Trinajstić information content (AvgIpc) is 2.69. The highest BCUT2D eigenvalue weighted by molar-refractivity contribution is 5.94. The van der Waals surface area contributed by atoms with Crippen molar-refractivity contribution in [2.45, 2.75) is 59.7 Å². The van der Waals surface area contributed by atoms with Crippen LogP contribution in [0.5, 0.6) is 0 Å². The summed E-state index contributed by atoms with van der Waals surface area (Å²) >= 11 is 0. The van der Waals surface area contributed by atoms with Crippen molar-refractivity contribution >= 4 is 10.8 Å². The molecule has 0 aliphatic rings. The van der Waals surface area contributed by atoms with Crippen LogP contribution in [0.4, 0.5) is 0 Å². The van der Waals surface area contributed by atoms with Crippen molar-refractivity contribution in [2.24, 2.45) is 7.05 Å². The van der Waals surface area contributed by atoms with Crippen LogP contribution in [0.3, 0.4) is 0 Å². The fourth-order valence-electron chi connectivity index (χ4n) is 3.52. The summed E-state index contributed by atoms with van der Waals surface area (Å²) in [5, 5.41) is 2.02. The molecule has 2 atom stereocenters. The summed E-state index contributed by atoms with van der Waals surface area (Å²) in [6, 6.07) is 11.9. The fraction of sp³-hybridized carbons (Fsp3) is 0.400. The summed E-state index contributed by atoms with van der Waals surface area (Å²) in [7, 11) is 1.87. The van der Waals surface area contributed by atoms with Gasteiger partial charge in [-0.2, -0.15) is 0 Å². The van der Waals surface area contributed by atoms with E-state index in [4.69, 9.17) is 6.85 Å². The lowest BCUT2D eigenvalue weighted by Crippen LogP contribution is -2.31. The van der Waals surface area contributed by atoms with E-state index in [-0.39, 0.29) is 0 Å². The molecule has 0 radical (unpaired) electrons. The number of rotatable bonds is 4. The van der Waals surface area contributed by atoms with Crippen LogP contribution in [0.25, 0.3) is 22.0 Å². The Balaban J connectivity index is 2.37. The number of aromatic nitrogens is 1. The molecule has 1 aromatic heterocycles. The van der Waals surface area contributed by atoms with E-state index in [1.807, 2.05) is 43.7 Å². The molecule has 0 saturated carbocycles. The van der Waals surface area contributed by atoms with Gasteiger partial charge in [-0.05, 0) is 71.9 Å². The predicted octanol–water partition coefficient (Wildman–Crippen LogP) is 6.59. The summed E-state index contributed by atoms with van der Waals surface area (Å²) in [5.41, 5.74) is 5.42. The number of fused-ring (bicyclic) bond motifs is 1. The summed E-state index contributed by atoms with van der Waals surface area (Å²) in [4.78, 5) is 0. The molecule has 1 heterocycles. The van der Waals surface area contributed by atoms with Crippen LogP contribution >= 0.6 is 0 Å². The van der Waals surface area contributed by atoms with Crippen molar-refractivity contribution in [1.82, 2.24) is 0 Å². The second kappa shape index (κ2) is 7.23. The molecule has 0 amide bonds. The van der Waals surface area contributed by atoms with Gasteiger partial charge in [0.1, 0.15) is 8.42 Å². The topological polar surface area (TPSA) is 3.88 Å². The Labute approximate surface area is 165 Å². The lowest BCUT2D eigenvalue weighted by atomic mass is 9.90. The molecule has 0 fully saturated rings.